The van der Waals surface area contributed by atoms with Crippen LogP contribution < -0.4 is 5.32 Å². The number of likely N-dealkylation sites (tertiary alicyclic amines) is 1. The van der Waals surface area contributed by atoms with E-state index in [1.54, 1.807) is 12.4 Å². The number of amides is 1. The first-order valence-electron chi connectivity index (χ1n) is 6.39. The van der Waals surface area contributed by atoms with Crippen molar-refractivity contribution in [2.24, 2.45) is 0 Å². The number of hydrogen-bond donors (Lipinski definition) is 3. The molecular weight excluding hydrogens is 232 g/mol. The summed E-state index contributed by atoms with van der Waals surface area (Å²) in [5, 5.41) is 12.4. The zero-order chi connectivity index (χ0) is 12.8. The monoisotopic (exact) mass is 252 g/mol. The number of carbonyl (C=O) groups excluding carboxylic acids is 1. The number of carbonyl (C=O) groups is 1. The van der Waals surface area contributed by atoms with E-state index in [1.807, 2.05) is 4.90 Å². The van der Waals surface area contributed by atoms with Gasteiger partial charge >= 0.3 is 0 Å². The summed E-state index contributed by atoms with van der Waals surface area (Å²) in [5.41, 5.74) is 0. The molecule has 1 aromatic heterocycles. The summed E-state index contributed by atoms with van der Waals surface area (Å²) >= 11 is 0. The van der Waals surface area contributed by atoms with Crippen LogP contribution in [0, 0.1) is 0 Å². The van der Waals surface area contributed by atoms with E-state index in [0.717, 1.165) is 25.2 Å². The molecule has 1 fully saturated rings. The summed E-state index contributed by atoms with van der Waals surface area (Å²) in [5.74, 6) is 0.888. The van der Waals surface area contributed by atoms with Crippen LogP contribution in [0.1, 0.15) is 18.7 Å². The van der Waals surface area contributed by atoms with Crippen LogP contribution in [0.4, 0.5) is 0 Å². The molecule has 1 saturated heterocycles. The lowest BCUT2D eigenvalue weighted by molar-refractivity contribution is -0.122. The molecule has 0 bridgehead atoms. The van der Waals surface area contributed by atoms with E-state index in [2.05, 4.69) is 15.3 Å². The SMILES string of the molecule is O=C(CN1CCCC(O)C1)NCCc1ncc[nH]1. The standard InChI is InChI=1S/C12H20N4O2/c17-10-2-1-7-16(8-10)9-12(18)15-4-3-11-13-5-6-14-11/h5-6,10,17H,1-4,7-9H2,(H,13,14)(H,15,18). The van der Waals surface area contributed by atoms with E-state index in [-0.39, 0.29) is 12.0 Å². The number of β-amino-alcohol motifs (C(OH)–C–C–N with tert-alkyl or cyclic N) is 1. The van der Waals surface area contributed by atoms with Gasteiger partial charge in [0, 0.05) is 31.9 Å². The van der Waals surface area contributed by atoms with Crippen LogP contribution in [0.3, 0.4) is 0 Å². The number of aromatic nitrogens is 2. The van der Waals surface area contributed by atoms with Crippen LogP contribution in [0.15, 0.2) is 12.4 Å². The number of aliphatic hydroxyl groups excluding tert-OH is 1. The summed E-state index contributed by atoms with van der Waals surface area (Å²) in [6, 6.07) is 0. The van der Waals surface area contributed by atoms with Crippen molar-refractivity contribution in [3.63, 3.8) is 0 Å². The number of rotatable bonds is 5. The second kappa shape index (κ2) is 6.51. The maximum Gasteiger partial charge on any atom is 0.234 e. The minimum absolute atomic E-state index is 0.00987. The third-order valence-electron chi connectivity index (χ3n) is 3.09. The summed E-state index contributed by atoms with van der Waals surface area (Å²) in [4.78, 5) is 20.8. The Kier molecular flexibility index (Phi) is 4.72. The van der Waals surface area contributed by atoms with Gasteiger partial charge in [0.15, 0.2) is 0 Å². The number of aromatic amines is 1. The fraction of sp³-hybridized carbons (Fsp3) is 0.667. The van der Waals surface area contributed by atoms with Crippen molar-refractivity contribution in [2.45, 2.75) is 25.4 Å². The van der Waals surface area contributed by atoms with Gasteiger partial charge in [0.2, 0.25) is 5.91 Å². The van der Waals surface area contributed by atoms with Crippen molar-refractivity contribution < 1.29 is 9.90 Å². The summed E-state index contributed by atoms with van der Waals surface area (Å²) in [6.07, 6.45) is 5.70. The highest BCUT2D eigenvalue weighted by atomic mass is 16.3. The molecule has 100 valence electrons. The first-order chi connectivity index (χ1) is 8.74. The smallest absolute Gasteiger partial charge is 0.234 e. The van der Waals surface area contributed by atoms with Gasteiger partial charge in [-0.1, -0.05) is 0 Å². The van der Waals surface area contributed by atoms with E-state index in [4.69, 9.17) is 0 Å². The lowest BCUT2D eigenvalue weighted by atomic mass is 10.1. The maximum absolute atomic E-state index is 11.7. The molecule has 0 spiro atoms. The molecule has 6 heteroatoms. The molecule has 0 aliphatic carbocycles. The van der Waals surface area contributed by atoms with Crippen LogP contribution in [-0.4, -0.2) is 58.2 Å². The van der Waals surface area contributed by atoms with Crippen LogP contribution in [0.2, 0.25) is 0 Å². The number of nitrogens with one attached hydrogen (secondary N) is 2. The Balaban J connectivity index is 1.62. The lowest BCUT2D eigenvalue weighted by Gasteiger charge is -2.29. The Hall–Kier alpha value is -1.40. The van der Waals surface area contributed by atoms with Gasteiger partial charge in [-0.05, 0) is 19.4 Å². The summed E-state index contributed by atoms with van der Waals surface area (Å²) in [6.45, 7) is 2.45. The zero-order valence-electron chi connectivity index (χ0n) is 10.4. The third-order valence-corrected chi connectivity index (χ3v) is 3.09. The normalized spacial score (nSPS) is 20.8. The van der Waals surface area contributed by atoms with E-state index in [0.29, 0.717) is 26.1 Å². The minimum atomic E-state index is -0.283. The molecule has 0 saturated carbocycles. The highest BCUT2D eigenvalue weighted by molar-refractivity contribution is 5.78. The van der Waals surface area contributed by atoms with E-state index >= 15 is 0 Å². The Labute approximate surface area is 106 Å². The Morgan fingerprint density at radius 3 is 3.28 bits per heavy atom. The van der Waals surface area contributed by atoms with Gasteiger partial charge in [-0.25, -0.2) is 4.98 Å². The second-order valence-electron chi connectivity index (χ2n) is 4.67. The van der Waals surface area contributed by atoms with Crippen LogP contribution in [-0.2, 0) is 11.2 Å². The summed E-state index contributed by atoms with van der Waals surface area (Å²) in [7, 11) is 0. The number of nitrogens with zero attached hydrogens (tertiary/aromatic N) is 2. The first-order valence-corrected chi connectivity index (χ1v) is 6.39. The highest BCUT2D eigenvalue weighted by Crippen LogP contribution is 2.08. The van der Waals surface area contributed by atoms with Crippen LogP contribution >= 0.6 is 0 Å². The molecule has 18 heavy (non-hydrogen) atoms. The topological polar surface area (TPSA) is 81.2 Å². The number of hydrogen-bond acceptors (Lipinski definition) is 4. The van der Waals surface area contributed by atoms with E-state index in [1.165, 1.54) is 0 Å². The van der Waals surface area contributed by atoms with Gasteiger partial charge in [0.05, 0.1) is 12.6 Å². The van der Waals surface area contributed by atoms with Gasteiger partial charge in [0.25, 0.3) is 0 Å². The molecule has 1 atom stereocenters. The molecule has 0 radical (unpaired) electrons. The van der Waals surface area contributed by atoms with Crippen molar-refractivity contribution >= 4 is 5.91 Å². The fourth-order valence-corrected chi connectivity index (χ4v) is 2.19. The van der Waals surface area contributed by atoms with Crippen molar-refractivity contribution in [1.29, 1.82) is 0 Å². The van der Waals surface area contributed by atoms with Gasteiger partial charge in [0.1, 0.15) is 5.82 Å². The fourth-order valence-electron chi connectivity index (χ4n) is 2.19. The molecule has 0 aromatic carbocycles. The predicted molar refractivity (Wildman–Crippen MR) is 67.0 cm³/mol. The zero-order valence-corrected chi connectivity index (χ0v) is 10.4. The predicted octanol–water partition coefficient (Wildman–Crippen LogP) is -0.475. The number of aliphatic hydroxyl groups is 1. The van der Waals surface area contributed by atoms with Gasteiger partial charge in [-0.15, -0.1) is 0 Å². The minimum Gasteiger partial charge on any atom is -0.392 e. The molecule has 6 nitrogen and oxygen atoms in total. The number of H-pyrrole nitrogens is 1. The Morgan fingerprint density at radius 1 is 1.67 bits per heavy atom. The van der Waals surface area contributed by atoms with Crippen molar-refractivity contribution in [1.82, 2.24) is 20.2 Å². The molecule has 2 heterocycles. The second-order valence-corrected chi connectivity index (χ2v) is 4.67. The van der Waals surface area contributed by atoms with Crippen molar-refractivity contribution in [2.75, 3.05) is 26.2 Å². The highest BCUT2D eigenvalue weighted by Gasteiger charge is 2.19. The van der Waals surface area contributed by atoms with E-state index < -0.39 is 0 Å². The molecule has 1 amide bonds. The lowest BCUT2D eigenvalue weighted by Crippen LogP contribution is -2.44. The first kappa shape index (κ1) is 13.0. The maximum atomic E-state index is 11.7. The molecule has 1 aromatic rings. The van der Waals surface area contributed by atoms with Crippen molar-refractivity contribution in [3.8, 4) is 0 Å². The van der Waals surface area contributed by atoms with Gasteiger partial charge in [-0.2, -0.15) is 0 Å². The quantitative estimate of drug-likeness (QED) is 0.661. The molecule has 1 unspecified atom stereocenters. The van der Waals surface area contributed by atoms with Crippen molar-refractivity contribution in [3.05, 3.63) is 18.2 Å². The molecule has 1 aliphatic rings. The van der Waals surface area contributed by atoms with Gasteiger partial charge < -0.3 is 15.4 Å². The average Bonchev–Trinajstić information content (AvgIpc) is 2.82. The third kappa shape index (κ3) is 4.12. The number of imidazole rings is 1. The average molecular weight is 252 g/mol. The van der Waals surface area contributed by atoms with Crippen LogP contribution in [0.5, 0.6) is 0 Å². The largest absolute Gasteiger partial charge is 0.392 e. The summed E-state index contributed by atoms with van der Waals surface area (Å²) < 4.78 is 0. The van der Waals surface area contributed by atoms with Crippen LogP contribution in [0.25, 0.3) is 0 Å². The molecule has 1 aliphatic heterocycles. The molecule has 2 rings (SSSR count). The number of piperidine rings is 1. The molecular formula is C12H20N4O2. The Morgan fingerprint density at radius 2 is 2.56 bits per heavy atom. The Bertz CT molecular complexity index is 366. The van der Waals surface area contributed by atoms with Gasteiger partial charge in [-0.3, -0.25) is 9.69 Å². The molecule has 3 N–H and O–H groups in total. The van der Waals surface area contributed by atoms with E-state index in [9.17, 15) is 9.90 Å².